The van der Waals surface area contributed by atoms with Gasteiger partial charge in [-0.3, -0.25) is 19.3 Å². The van der Waals surface area contributed by atoms with Crippen molar-refractivity contribution >= 4 is 30.3 Å². The summed E-state index contributed by atoms with van der Waals surface area (Å²) in [5, 5.41) is 2.21. The molecule has 0 atom stereocenters. The number of ether oxygens (including phenoxy) is 1. The number of benzene rings is 1. The van der Waals surface area contributed by atoms with E-state index in [1.807, 2.05) is 6.07 Å². The molecule has 0 unspecified atom stereocenters. The van der Waals surface area contributed by atoms with E-state index in [0.29, 0.717) is 4.90 Å². The molecule has 0 saturated heterocycles. The van der Waals surface area contributed by atoms with Crippen LogP contribution in [0.2, 0.25) is 0 Å². The van der Waals surface area contributed by atoms with Crippen LogP contribution in [0.5, 0.6) is 0 Å². The number of rotatable bonds is 7. The monoisotopic (exact) mass is 317 g/mol. The van der Waals surface area contributed by atoms with Crippen molar-refractivity contribution in [3.63, 3.8) is 0 Å². The molecule has 7 nitrogen and oxygen atoms in total. The summed E-state index contributed by atoms with van der Waals surface area (Å²) >= 11 is 0. The normalized spacial score (nSPS) is 10.1. The number of nitrogens with zero attached hydrogens (tertiary/aromatic N) is 1. The highest BCUT2D eigenvalue weighted by molar-refractivity contribution is 6.04. The molecule has 1 aromatic carbocycles. The van der Waals surface area contributed by atoms with Gasteiger partial charge in [-0.2, -0.15) is 0 Å². The summed E-state index contributed by atoms with van der Waals surface area (Å²) in [4.78, 5) is 46.2. The van der Waals surface area contributed by atoms with E-state index in [2.05, 4.69) is 10.1 Å². The summed E-state index contributed by atoms with van der Waals surface area (Å²) in [5.74, 6) is -1.33. The molecule has 1 radical (unpaired) electrons. The van der Waals surface area contributed by atoms with Crippen LogP contribution < -0.4 is 5.32 Å². The highest BCUT2D eigenvalue weighted by Crippen LogP contribution is 2.02. The number of carbonyl (C=O) groups is 3. The zero-order valence-electron chi connectivity index (χ0n) is 12.7. The van der Waals surface area contributed by atoms with Gasteiger partial charge in [-0.25, -0.2) is 4.79 Å². The molecule has 3 amide bonds. The second kappa shape index (κ2) is 9.88. The molecule has 0 aliphatic heterocycles. The van der Waals surface area contributed by atoms with Crippen LogP contribution >= 0.6 is 0 Å². The second-order valence-corrected chi connectivity index (χ2v) is 4.28. The van der Waals surface area contributed by atoms with Crippen molar-refractivity contribution in [2.45, 2.75) is 6.92 Å². The van der Waals surface area contributed by atoms with Crippen molar-refractivity contribution in [3.05, 3.63) is 42.0 Å². The van der Waals surface area contributed by atoms with Crippen LogP contribution in [0.4, 0.5) is 4.79 Å². The van der Waals surface area contributed by atoms with Crippen LogP contribution in [0.3, 0.4) is 0 Å². The predicted molar refractivity (Wildman–Crippen MR) is 82.9 cm³/mol. The fraction of sp³-hybridized carbons (Fsp3) is 0.250. The summed E-state index contributed by atoms with van der Waals surface area (Å²) in [7, 11) is 0. The second-order valence-electron chi connectivity index (χ2n) is 4.28. The molecule has 121 valence electrons. The number of amides is 3. The zero-order chi connectivity index (χ0) is 17.1. The molecule has 0 aromatic heterocycles. The molecule has 7 heteroatoms. The van der Waals surface area contributed by atoms with E-state index in [0.717, 1.165) is 11.6 Å². The molecular weight excluding hydrogens is 300 g/mol. The third-order valence-electron chi connectivity index (χ3n) is 2.64. The maximum Gasteiger partial charge on any atom is 0.325 e. The molecule has 0 spiro atoms. The lowest BCUT2D eigenvalue weighted by Gasteiger charge is -2.16. The molecule has 1 rings (SSSR count). The van der Waals surface area contributed by atoms with E-state index in [1.54, 1.807) is 31.2 Å². The zero-order valence-corrected chi connectivity index (χ0v) is 12.7. The number of hydrogen-bond acceptors (Lipinski definition) is 5. The van der Waals surface area contributed by atoms with Crippen molar-refractivity contribution in [2.24, 2.45) is 0 Å². The van der Waals surface area contributed by atoms with E-state index in [1.165, 1.54) is 12.4 Å². The standard InChI is InChI=1S/C16H17N2O5/c1-2-23-15(21)12-17-16(22)18(10-11-19)14(20)9-8-13-6-4-3-5-7-13/h3-9H,2,10,12H2,1H3,(H,17,22)/b9-8+. The minimum absolute atomic E-state index is 0.180. The number of urea groups is 1. The van der Waals surface area contributed by atoms with Gasteiger partial charge in [0, 0.05) is 6.08 Å². The quantitative estimate of drug-likeness (QED) is 0.596. The Morgan fingerprint density at radius 1 is 1.26 bits per heavy atom. The van der Waals surface area contributed by atoms with Crippen molar-refractivity contribution in [1.29, 1.82) is 0 Å². The van der Waals surface area contributed by atoms with Crippen molar-refractivity contribution in [3.8, 4) is 0 Å². The van der Waals surface area contributed by atoms with Crippen molar-refractivity contribution < 1.29 is 23.9 Å². The van der Waals surface area contributed by atoms with E-state index in [9.17, 15) is 19.2 Å². The fourth-order valence-electron chi connectivity index (χ4n) is 1.59. The van der Waals surface area contributed by atoms with Gasteiger partial charge in [0.15, 0.2) is 0 Å². The SMILES string of the molecule is CCOC(=O)CNC(=O)N(C[C]=O)C(=O)/C=C/c1ccccc1. The van der Waals surface area contributed by atoms with Gasteiger partial charge in [-0.1, -0.05) is 30.3 Å². The Morgan fingerprint density at radius 3 is 2.57 bits per heavy atom. The lowest BCUT2D eigenvalue weighted by molar-refractivity contribution is -0.142. The molecule has 0 aliphatic carbocycles. The van der Waals surface area contributed by atoms with Gasteiger partial charge in [-0.15, -0.1) is 0 Å². The van der Waals surface area contributed by atoms with Gasteiger partial charge < -0.3 is 10.1 Å². The highest BCUT2D eigenvalue weighted by Gasteiger charge is 2.20. The van der Waals surface area contributed by atoms with Crippen LogP contribution in [0.1, 0.15) is 12.5 Å². The van der Waals surface area contributed by atoms with Gasteiger partial charge in [0.05, 0.1) is 13.2 Å². The van der Waals surface area contributed by atoms with Gasteiger partial charge >= 0.3 is 12.0 Å². The minimum Gasteiger partial charge on any atom is -0.465 e. The largest absolute Gasteiger partial charge is 0.465 e. The summed E-state index contributed by atoms with van der Waals surface area (Å²) in [6.07, 6.45) is 4.16. The molecule has 1 N–H and O–H groups in total. The lowest BCUT2D eigenvalue weighted by atomic mass is 10.2. The Morgan fingerprint density at radius 2 is 1.96 bits per heavy atom. The Hall–Kier alpha value is -2.96. The van der Waals surface area contributed by atoms with Gasteiger partial charge in [0.25, 0.3) is 5.91 Å². The Balaban J connectivity index is 2.66. The number of imide groups is 1. The third-order valence-corrected chi connectivity index (χ3v) is 2.64. The Labute approximate surface area is 133 Å². The molecule has 0 fully saturated rings. The predicted octanol–water partition coefficient (Wildman–Crippen LogP) is 0.911. The average Bonchev–Trinajstić information content (AvgIpc) is 2.56. The fourth-order valence-corrected chi connectivity index (χ4v) is 1.59. The first-order valence-electron chi connectivity index (χ1n) is 6.91. The number of hydrogen-bond donors (Lipinski definition) is 1. The van der Waals surface area contributed by atoms with Crippen LogP contribution in [0.25, 0.3) is 6.08 Å². The number of carbonyl (C=O) groups excluding carboxylic acids is 4. The first-order valence-corrected chi connectivity index (χ1v) is 6.91. The van der Waals surface area contributed by atoms with Gasteiger partial charge in [0.2, 0.25) is 6.29 Å². The van der Waals surface area contributed by atoms with Crippen molar-refractivity contribution in [2.75, 3.05) is 19.7 Å². The smallest absolute Gasteiger partial charge is 0.325 e. The summed E-state index contributed by atoms with van der Waals surface area (Å²) in [5.41, 5.74) is 0.766. The summed E-state index contributed by atoms with van der Waals surface area (Å²) in [6, 6.07) is 8.11. The first kappa shape index (κ1) is 18.1. The van der Waals surface area contributed by atoms with E-state index in [4.69, 9.17) is 0 Å². The molecule has 23 heavy (non-hydrogen) atoms. The Kier molecular flexibility index (Phi) is 7.77. The summed E-state index contributed by atoms with van der Waals surface area (Å²) < 4.78 is 4.65. The van der Waals surface area contributed by atoms with Crippen LogP contribution in [-0.4, -0.2) is 48.8 Å². The number of nitrogens with one attached hydrogen (secondary N) is 1. The van der Waals surface area contributed by atoms with Crippen LogP contribution in [0.15, 0.2) is 36.4 Å². The maximum absolute atomic E-state index is 12.0. The third kappa shape index (κ3) is 6.56. The lowest BCUT2D eigenvalue weighted by Crippen LogP contribution is -2.45. The first-order chi connectivity index (χ1) is 11.1. The number of esters is 1. The van der Waals surface area contributed by atoms with Gasteiger partial charge in [0.1, 0.15) is 6.54 Å². The topological polar surface area (TPSA) is 92.8 Å². The van der Waals surface area contributed by atoms with Crippen LogP contribution in [0, 0.1) is 0 Å². The minimum atomic E-state index is -0.871. The average molecular weight is 317 g/mol. The summed E-state index contributed by atoms with van der Waals surface area (Å²) in [6.45, 7) is 0.884. The maximum atomic E-state index is 12.0. The van der Waals surface area contributed by atoms with Crippen molar-refractivity contribution in [1.82, 2.24) is 10.2 Å². The molecule has 0 heterocycles. The van der Waals surface area contributed by atoms with E-state index in [-0.39, 0.29) is 6.61 Å². The van der Waals surface area contributed by atoms with E-state index < -0.39 is 31.0 Å². The molecular formula is C16H17N2O5. The van der Waals surface area contributed by atoms with E-state index >= 15 is 0 Å². The molecule has 0 bridgehead atoms. The molecule has 0 aliphatic rings. The van der Waals surface area contributed by atoms with Gasteiger partial charge in [-0.05, 0) is 18.6 Å². The molecule has 0 saturated carbocycles. The Bertz CT molecular complexity index is 583. The van der Waals surface area contributed by atoms with Crippen LogP contribution in [-0.2, 0) is 19.1 Å². The molecule has 1 aromatic rings. The highest BCUT2D eigenvalue weighted by atomic mass is 16.5.